The summed E-state index contributed by atoms with van der Waals surface area (Å²) >= 11 is 0. The number of nitriles is 1. The second-order valence-electron chi connectivity index (χ2n) is 9.55. The van der Waals surface area contributed by atoms with Crippen LogP contribution in [-0.4, -0.2) is 40.1 Å². The molecule has 3 heterocycles. The molecule has 6 nitrogen and oxygen atoms in total. The molecule has 8 heteroatoms. The summed E-state index contributed by atoms with van der Waals surface area (Å²) in [5.41, 5.74) is 4.69. The predicted octanol–water partition coefficient (Wildman–Crippen LogP) is 4.69. The fourth-order valence-electron chi connectivity index (χ4n) is 5.41. The number of rotatable bonds is 4. The molecule has 5 rings (SSSR count). The van der Waals surface area contributed by atoms with Crippen LogP contribution in [0.25, 0.3) is 11.0 Å². The summed E-state index contributed by atoms with van der Waals surface area (Å²) in [5.74, 6) is -0.617. The van der Waals surface area contributed by atoms with Gasteiger partial charge in [-0.2, -0.15) is 5.26 Å². The highest BCUT2D eigenvalue weighted by atomic mass is 19.1. The minimum atomic E-state index is -0.309. The van der Waals surface area contributed by atoms with Crippen molar-refractivity contribution in [3.8, 4) is 6.07 Å². The first-order valence-electron chi connectivity index (χ1n) is 12.2. The summed E-state index contributed by atoms with van der Waals surface area (Å²) in [7, 11) is 1.71. The number of fused-ring (bicyclic) bond motifs is 1. The number of hydrogen-bond acceptors (Lipinski definition) is 5. The highest BCUT2D eigenvalue weighted by molar-refractivity contribution is 5.90. The number of piperazine rings is 1. The maximum atomic E-state index is 13.7. The second-order valence-corrected chi connectivity index (χ2v) is 9.55. The Balaban J connectivity index is 1.54. The van der Waals surface area contributed by atoms with E-state index in [1.807, 2.05) is 0 Å². The number of nitrogens with zero attached hydrogens (tertiary/aromatic N) is 5. The van der Waals surface area contributed by atoms with Gasteiger partial charge in [-0.25, -0.2) is 13.8 Å². The summed E-state index contributed by atoms with van der Waals surface area (Å²) < 4.78 is 29.0. The molecule has 0 spiro atoms. The Morgan fingerprint density at radius 3 is 2.11 bits per heavy atom. The van der Waals surface area contributed by atoms with Gasteiger partial charge >= 0.3 is 0 Å². The molecular weight excluding hydrogens is 472 g/mol. The van der Waals surface area contributed by atoms with Gasteiger partial charge in [0, 0.05) is 38.3 Å². The standard InChI is InChI=1S/C29H27F2N5O/c1-18-17-35(27-19(2)29(37)34(3)25-13-12-24(16-32)33-26(25)27)14-15-36(18)28(20-4-8-22(30)9-5-20)21-6-10-23(31)11-7-21/h4-13,18,28H,14-15,17H2,1-3H3. The molecule has 1 saturated heterocycles. The number of pyridine rings is 2. The van der Waals surface area contributed by atoms with Crippen LogP contribution in [0, 0.1) is 29.9 Å². The first kappa shape index (κ1) is 24.6. The van der Waals surface area contributed by atoms with E-state index in [1.54, 1.807) is 54.9 Å². The van der Waals surface area contributed by atoms with E-state index < -0.39 is 0 Å². The molecule has 2 aromatic heterocycles. The maximum absolute atomic E-state index is 13.7. The largest absolute Gasteiger partial charge is 0.367 e. The van der Waals surface area contributed by atoms with Gasteiger partial charge in [0.15, 0.2) is 0 Å². The van der Waals surface area contributed by atoms with Crippen molar-refractivity contribution in [3.05, 3.63) is 105 Å². The molecule has 2 aromatic carbocycles. The molecule has 188 valence electrons. The average molecular weight is 500 g/mol. The van der Waals surface area contributed by atoms with Crippen LogP contribution in [0.3, 0.4) is 0 Å². The van der Waals surface area contributed by atoms with Crippen molar-refractivity contribution in [2.24, 2.45) is 7.05 Å². The number of aryl methyl sites for hydroxylation is 1. The molecule has 0 bridgehead atoms. The molecule has 1 atom stereocenters. The summed E-state index contributed by atoms with van der Waals surface area (Å²) in [6, 6.07) is 18.2. The van der Waals surface area contributed by atoms with Crippen LogP contribution in [0.1, 0.15) is 35.3 Å². The smallest absolute Gasteiger partial charge is 0.255 e. The van der Waals surface area contributed by atoms with Crippen molar-refractivity contribution in [2.45, 2.75) is 25.9 Å². The van der Waals surface area contributed by atoms with Crippen molar-refractivity contribution >= 4 is 16.7 Å². The van der Waals surface area contributed by atoms with Crippen LogP contribution in [0.5, 0.6) is 0 Å². The van der Waals surface area contributed by atoms with Crippen molar-refractivity contribution < 1.29 is 8.78 Å². The summed E-state index contributed by atoms with van der Waals surface area (Å²) in [6.07, 6.45) is 0. The second kappa shape index (κ2) is 9.75. The van der Waals surface area contributed by atoms with Gasteiger partial charge in [-0.3, -0.25) is 9.69 Å². The Labute approximate surface area is 214 Å². The Hall–Kier alpha value is -4.09. The minimum Gasteiger partial charge on any atom is -0.367 e. The zero-order chi connectivity index (χ0) is 26.3. The van der Waals surface area contributed by atoms with E-state index >= 15 is 0 Å². The SMILES string of the molecule is Cc1c(N2CCN(C(c3ccc(F)cc3)c3ccc(F)cc3)C(C)C2)c2nc(C#N)ccc2n(C)c1=O. The molecule has 0 aliphatic carbocycles. The molecule has 1 aliphatic rings. The van der Waals surface area contributed by atoms with Crippen molar-refractivity contribution in [1.29, 1.82) is 5.26 Å². The highest BCUT2D eigenvalue weighted by Gasteiger charge is 2.33. The molecule has 1 unspecified atom stereocenters. The van der Waals surface area contributed by atoms with E-state index in [0.29, 0.717) is 41.9 Å². The summed E-state index contributed by atoms with van der Waals surface area (Å²) in [6.45, 7) is 5.79. The van der Waals surface area contributed by atoms with Gasteiger partial charge < -0.3 is 9.47 Å². The first-order chi connectivity index (χ1) is 17.8. The van der Waals surface area contributed by atoms with E-state index in [0.717, 1.165) is 16.8 Å². The Bertz CT molecular complexity index is 1510. The van der Waals surface area contributed by atoms with Gasteiger partial charge in [-0.1, -0.05) is 24.3 Å². The van der Waals surface area contributed by atoms with Crippen LogP contribution in [-0.2, 0) is 7.05 Å². The Morgan fingerprint density at radius 2 is 1.57 bits per heavy atom. The Kier molecular flexibility index (Phi) is 6.48. The van der Waals surface area contributed by atoms with Crippen LogP contribution in [0.15, 0.2) is 65.5 Å². The highest BCUT2D eigenvalue weighted by Crippen LogP contribution is 2.35. The fraction of sp³-hybridized carbons (Fsp3) is 0.276. The maximum Gasteiger partial charge on any atom is 0.255 e. The molecule has 0 N–H and O–H groups in total. The number of hydrogen-bond donors (Lipinski definition) is 0. The summed E-state index contributed by atoms with van der Waals surface area (Å²) in [4.78, 5) is 22.1. The van der Waals surface area contributed by atoms with Gasteiger partial charge in [-0.15, -0.1) is 0 Å². The fourth-order valence-corrected chi connectivity index (χ4v) is 5.41. The molecular formula is C29H27F2N5O. The van der Waals surface area contributed by atoms with Gasteiger partial charge in [0.25, 0.3) is 5.56 Å². The number of benzene rings is 2. The normalized spacial score (nSPS) is 16.4. The van der Waals surface area contributed by atoms with Crippen molar-refractivity contribution in [1.82, 2.24) is 14.5 Å². The van der Waals surface area contributed by atoms with E-state index in [-0.39, 0.29) is 29.3 Å². The lowest BCUT2D eigenvalue weighted by Gasteiger charge is -2.45. The monoisotopic (exact) mass is 499 g/mol. The molecule has 0 radical (unpaired) electrons. The quantitative estimate of drug-likeness (QED) is 0.408. The van der Waals surface area contributed by atoms with Gasteiger partial charge in [0.1, 0.15) is 28.9 Å². The van der Waals surface area contributed by atoms with E-state index in [4.69, 9.17) is 0 Å². The number of anilines is 1. The zero-order valence-electron chi connectivity index (χ0n) is 20.9. The molecule has 37 heavy (non-hydrogen) atoms. The van der Waals surface area contributed by atoms with E-state index in [9.17, 15) is 18.8 Å². The first-order valence-corrected chi connectivity index (χ1v) is 12.2. The van der Waals surface area contributed by atoms with Gasteiger partial charge in [0.2, 0.25) is 0 Å². The average Bonchev–Trinajstić information content (AvgIpc) is 2.90. The number of aromatic nitrogens is 2. The van der Waals surface area contributed by atoms with Crippen LogP contribution in [0.2, 0.25) is 0 Å². The van der Waals surface area contributed by atoms with Crippen LogP contribution >= 0.6 is 0 Å². The predicted molar refractivity (Wildman–Crippen MR) is 139 cm³/mol. The van der Waals surface area contributed by atoms with Crippen molar-refractivity contribution in [2.75, 3.05) is 24.5 Å². The lowest BCUT2D eigenvalue weighted by atomic mass is 9.94. The van der Waals surface area contributed by atoms with Crippen LogP contribution < -0.4 is 10.5 Å². The molecule has 1 fully saturated rings. The number of halogens is 2. The van der Waals surface area contributed by atoms with Gasteiger partial charge in [-0.05, 0) is 61.4 Å². The molecule has 0 saturated carbocycles. The third kappa shape index (κ3) is 4.47. The van der Waals surface area contributed by atoms with E-state index in [2.05, 4.69) is 27.8 Å². The summed E-state index contributed by atoms with van der Waals surface area (Å²) in [5, 5.41) is 9.43. The molecule has 1 aliphatic heterocycles. The minimum absolute atomic E-state index is 0.0338. The zero-order valence-corrected chi connectivity index (χ0v) is 20.9. The lowest BCUT2D eigenvalue weighted by molar-refractivity contribution is 0.150. The van der Waals surface area contributed by atoms with Crippen LogP contribution in [0.4, 0.5) is 14.5 Å². The van der Waals surface area contributed by atoms with Crippen molar-refractivity contribution in [3.63, 3.8) is 0 Å². The third-order valence-corrected chi connectivity index (χ3v) is 7.25. The van der Waals surface area contributed by atoms with E-state index in [1.165, 1.54) is 24.3 Å². The third-order valence-electron chi connectivity index (χ3n) is 7.25. The van der Waals surface area contributed by atoms with Gasteiger partial charge in [0.05, 0.1) is 17.2 Å². The molecule has 4 aromatic rings. The lowest BCUT2D eigenvalue weighted by Crippen LogP contribution is -2.53. The Morgan fingerprint density at radius 1 is 0.973 bits per heavy atom. The molecule has 0 amide bonds. The topological polar surface area (TPSA) is 65.2 Å².